The Bertz CT molecular complexity index is 1020. The molecule has 0 amide bonds. The molecule has 0 N–H and O–H groups in total. The summed E-state index contributed by atoms with van der Waals surface area (Å²) in [7, 11) is 0. The van der Waals surface area contributed by atoms with Gasteiger partial charge in [-0.05, 0) is 49.9 Å². The van der Waals surface area contributed by atoms with Gasteiger partial charge in [0.25, 0.3) is 0 Å². The third kappa shape index (κ3) is 4.54. The maximum Gasteiger partial charge on any atom is 0.307 e. The molecule has 2 heterocycles. The van der Waals surface area contributed by atoms with Crippen LogP contribution in [0.1, 0.15) is 25.7 Å². The van der Waals surface area contributed by atoms with Crippen molar-refractivity contribution in [2.24, 2.45) is 0 Å². The van der Waals surface area contributed by atoms with Gasteiger partial charge in [0.15, 0.2) is 11.0 Å². The van der Waals surface area contributed by atoms with Crippen molar-refractivity contribution in [1.82, 2.24) is 24.5 Å². The lowest BCUT2D eigenvalue weighted by atomic mass is 10.2. The molecule has 30 heavy (non-hydrogen) atoms. The zero-order valence-electron chi connectivity index (χ0n) is 16.4. The average molecular weight is 427 g/mol. The van der Waals surface area contributed by atoms with Crippen LogP contribution in [0, 0.1) is 10.1 Å². The van der Waals surface area contributed by atoms with Gasteiger partial charge in [-0.25, -0.2) is 0 Å². The zero-order chi connectivity index (χ0) is 20.9. The molecule has 0 bridgehead atoms. The van der Waals surface area contributed by atoms with Gasteiger partial charge in [-0.2, -0.15) is 5.10 Å². The smallest absolute Gasteiger partial charge is 0.307 e. The molecule has 1 aliphatic carbocycles. The maximum absolute atomic E-state index is 10.8. The van der Waals surface area contributed by atoms with Crippen LogP contribution < -0.4 is 4.74 Å². The first-order valence-electron chi connectivity index (χ1n) is 9.75. The average Bonchev–Trinajstić information content (AvgIpc) is 3.49. The Morgan fingerprint density at radius 2 is 2.03 bits per heavy atom. The molecule has 0 unspecified atom stereocenters. The Kier molecular flexibility index (Phi) is 6.12. The van der Waals surface area contributed by atoms with Crippen molar-refractivity contribution < 1.29 is 9.66 Å². The zero-order valence-corrected chi connectivity index (χ0v) is 17.2. The van der Waals surface area contributed by atoms with Gasteiger partial charge >= 0.3 is 5.69 Å². The van der Waals surface area contributed by atoms with Crippen molar-refractivity contribution in [1.29, 1.82) is 0 Å². The SMILES string of the molecule is C=CCn1c(SCn2cc([N+](=O)[O-])cn2)nnc1-c1ccc(OC2CCCC2)cc1. The van der Waals surface area contributed by atoms with Crippen LogP contribution in [0.2, 0.25) is 0 Å². The molecule has 0 atom stereocenters. The van der Waals surface area contributed by atoms with E-state index in [1.54, 1.807) is 6.08 Å². The second-order valence-electron chi connectivity index (χ2n) is 7.02. The Hall–Kier alpha value is -3.14. The predicted molar refractivity (Wildman–Crippen MR) is 113 cm³/mol. The maximum atomic E-state index is 10.8. The van der Waals surface area contributed by atoms with Gasteiger partial charge in [0.05, 0.1) is 16.9 Å². The van der Waals surface area contributed by atoms with E-state index >= 15 is 0 Å². The van der Waals surface area contributed by atoms with Crippen LogP contribution in [-0.2, 0) is 12.4 Å². The first-order valence-corrected chi connectivity index (χ1v) is 10.7. The quantitative estimate of drug-likeness (QED) is 0.217. The third-order valence-electron chi connectivity index (χ3n) is 4.90. The van der Waals surface area contributed by atoms with Crippen LogP contribution in [0.3, 0.4) is 0 Å². The minimum absolute atomic E-state index is 0.0382. The van der Waals surface area contributed by atoms with Gasteiger partial charge in [-0.3, -0.25) is 19.4 Å². The summed E-state index contributed by atoms with van der Waals surface area (Å²) >= 11 is 1.40. The lowest BCUT2D eigenvalue weighted by Crippen LogP contribution is -2.10. The number of benzene rings is 1. The Labute approximate surface area is 177 Å². The van der Waals surface area contributed by atoms with Gasteiger partial charge in [0, 0.05) is 12.1 Å². The largest absolute Gasteiger partial charge is 0.490 e. The second-order valence-corrected chi connectivity index (χ2v) is 7.93. The van der Waals surface area contributed by atoms with E-state index in [1.807, 2.05) is 28.8 Å². The van der Waals surface area contributed by atoms with Gasteiger partial charge in [0.2, 0.25) is 0 Å². The molecule has 1 saturated carbocycles. The van der Waals surface area contributed by atoms with E-state index in [4.69, 9.17) is 4.74 Å². The Balaban J connectivity index is 1.48. The fourth-order valence-corrected chi connectivity index (χ4v) is 4.23. The molecule has 0 spiro atoms. The summed E-state index contributed by atoms with van der Waals surface area (Å²) in [5.41, 5.74) is 0.897. The van der Waals surface area contributed by atoms with E-state index in [0.717, 1.165) is 30.0 Å². The van der Waals surface area contributed by atoms with Crippen molar-refractivity contribution in [3.63, 3.8) is 0 Å². The molecule has 9 nitrogen and oxygen atoms in total. The lowest BCUT2D eigenvalue weighted by molar-refractivity contribution is -0.385. The van der Waals surface area contributed by atoms with E-state index in [9.17, 15) is 10.1 Å². The number of nitro groups is 1. The number of hydrogen-bond donors (Lipinski definition) is 0. The Morgan fingerprint density at radius 3 is 2.70 bits per heavy atom. The molecule has 1 fully saturated rings. The molecule has 3 aromatic rings. The molecule has 10 heteroatoms. The van der Waals surface area contributed by atoms with Crippen LogP contribution in [0.5, 0.6) is 5.75 Å². The van der Waals surface area contributed by atoms with E-state index in [2.05, 4.69) is 21.9 Å². The van der Waals surface area contributed by atoms with Crippen LogP contribution in [0.15, 0.2) is 54.5 Å². The number of hydrogen-bond acceptors (Lipinski definition) is 7. The van der Waals surface area contributed by atoms with E-state index in [-0.39, 0.29) is 5.69 Å². The molecular formula is C20H22N6O3S. The van der Waals surface area contributed by atoms with Gasteiger partial charge in [-0.15, -0.1) is 16.8 Å². The Morgan fingerprint density at radius 1 is 1.27 bits per heavy atom. The van der Waals surface area contributed by atoms with Crippen LogP contribution >= 0.6 is 11.8 Å². The number of ether oxygens (including phenoxy) is 1. The molecule has 0 aliphatic heterocycles. The highest BCUT2D eigenvalue weighted by atomic mass is 32.2. The highest BCUT2D eigenvalue weighted by molar-refractivity contribution is 7.98. The summed E-state index contributed by atoms with van der Waals surface area (Å²) < 4.78 is 9.50. The summed E-state index contributed by atoms with van der Waals surface area (Å²) in [5, 5.41) is 24.1. The van der Waals surface area contributed by atoms with Gasteiger partial charge in [0.1, 0.15) is 18.1 Å². The highest BCUT2D eigenvalue weighted by Gasteiger charge is 2.18. The topological polar surface area (TPSA) is 101 Å². The van der Waals surface area contributed by atoms with Crippen LogP contribution in [0.4, 0.5) is 5.69 Å². The number of rotatable bonds is 9. The molecule has 1 aromatic carbocycles. The van der Waals surface area contributed by atoms with E-state index in [1.165, 1.54) is 41.7 Å². The molecular weight excluding hydrogens is 404 g/mol. The molecule has 0 saturated heterocycles. The third-order valence-corrected chi connectivity index (χ3v) is 5.86. The molecule has 2 aromatic heterocycles. The first-order chi connectivity index (χ1) is 14.6. The van der Waals surface area contributed by atoms with Crippen molar-refractivity contribution in [3.05, 3.63) is 59.4 Å². The summed E-state index contributed by atoms with van der Waals surface area (Å²) in [6.07, 6.45) is 9.44. The molecule has 0 radical (unpaired) electrons. The summed E-state index contributed by atoms with van der Waals surface area (Å²) in [5.74, 6) is 1.99. The predicted octanol–water partition coefficient (Wildman–Crippen LogP) is 4.31. The highest BCUT2D eigenvalue weighted by Crippen LogP contribution is 2.28. The molecule has 4 rings (SSSR count). The molecule has 1 aliphatic rings. The van der Waals surface area contributed by atoms with Crippen molar-refractivity contribution in [2.75, 3.05) is 0 Å². The van der Waals surface area contributed by atoms with Crippen molar-refractivity contribution in [3.8, 4) is 17.1 Å². The number of aromatic nitrogens is 5. The first kappa shape index (κ1) is 20.1. The minimum atomic E-state index is -0.466. The van der Waals surface area contributed by atoms with Crippen LogP contribution in [0.25, 0.3) is 11.4 Å². The fourth-order valence-electron chi connectivity index (χ4n) is 3.43. The van der Waals surface area contributed by atoms with E-state index in [0.29, 0.717) is 23.7 Å². The lowest BCUT2D eigenvalue weighted by Gasteiger charge is -2.13. The summed E-state index contributed by atoms with van der Waals surface area (Å²) in [6.45, 7) is 4.37. The normalized spacial score (nSPS) is 14.1. The van der Waals surface area contributed by atoms with Crippen molar-refractivity contribution >= 4 is 17.4 Å². The standard InChI is InChI=1S/C20H22N6O3S/c1-2-11-25-19(15-7-9-18(10-8-15)29-17-5-3-4-6-17)22-23-20(25)30-14-24-13-16(12-21-24)26(27)28/h2,7-10,12-13,17H,1,3-6,11,14H2. The van der Waals surface area contributed by atoms with Gasteiger partial charge < -0.3 is 4.74 Å². The fraction of sp³-hybridized carbons (Fsp3) is 0.350. The number of nitrogens with zero attached hydrogens (tertiary/aromatic N) is 6. The number of allylic oxidation sites excluding steroid dienone is 1. The van der Waals surface area contributed by atoms with Gasteiger partial charge in [-0.1, -0.05) is 17.8 Å². The summed E-state index contributed by atoms with van der Waals surface area (Å²) in [4.78, 5) is 10.3. The second kappa shape index (κ2) is 9.12. The molecule has 156 valence electrons. The summed E-state index contributed by atoms with van der Waals surface area (Å²) in [6, 6.07) is 7.91. The monoisotopic (exact) mass is 426 g/mol. The minimum Gasteiger partial charge on any atom is -0.490 e. The number of thioether (sulfide) groups is 1. The van der Waals surface area contributed by atoms with Crippen molar-refractivity contribution in [2.45, 2.75) is 49.4 Å². The van der Waals surface area contributed by atoms with E-state index < -0.39 is 4.92 Å². The van der Waals surface area contributed by atoms with Crippen LogP contribution in [-0.4, -0.2) is 35.6 Å².